The van der Waals surface area contributed by atoms with Crippen LogP contribution in [-0.4, -0.2) is 47.1 Å². The van der Waals surface area contributed by atoms with Gasteiger partial charge in [-0.05, 0) is 44.0 Å². The molecule has 2 atom stereocenters. The van der Waals surface area contributed by atoms with Crippen LogP contribution in [0.1, 0.15) is 32.1 Å². The summed E-state index contributed by atoms with van der Waals surface area (Å²) in [6.07, 6.45) is 3.72. The topological polar surface area (TPSA) is 60.9 Å². The second kappa shape index (κ2) is 6.76. The van der Waals surface area contributed by atoms with Crippen LogP contribution in [-0.2, 0) is 9.59 Å². The van der Waals surface area contributed by atoms with Crippen molar-refractivity contribution in [2.45, 2.75) is 44.2 Å². The van der Waals surface area contributed by atoms with Gasteiger partial charge in [0.1, 0.15) is 5.82 Å². The van der Waals surface area contributed by atoms with Gasteiger partial charge >= 0.3 is 0 Å². The molecular formula is C17H21FN2O3. The maximum atomic E-state index is 13.4. The maximum absolute atomic E-state index is 13.4. The van der Waals surface area contributed by atoms with Crippen molar-refractivity contribution in [2.75, 3.05) is 18.1 Å². The fourth-order valence-electron chi connectivity index (χ4n) is 3.65. The highest BCUT2D eigenvalue weighted by Gasteiger charge is 2.44. The molecule has 3 rings (SSSR count). The number of imide groups is 1. The fraction of sp³-hybridized carbons (Fsp3) is 0.529. The van der Waals surface area contributed by atoms with Crippen LogP contribution in [0.15, 0.2) is 24.3 Å². The molecular weight excluding hydrogens is 299 g/mol. The lowest BCUT2D eigenvalue weighted by Gasteiger charge is -2.38. The number of piperidine rings is 1. The van der Waals surface area contributed by atoms with Gasteiger partial charge in [0.25, 0.3) is 5.91 Å². The Bertz CT molecular complexity index is 605. The van der Waals surface area contributed by atoms with Crippen molar-refractivity contribution in [1.29, 1.82) is 0 Å². The Balaban J connectivity index is 1.83. The molecule has 0 aliphatic carbocycles. The highest BCUT2D eigenvalue weighted by molar-refractivity contribution is 6.22. The Morgan fingerprint density at radius 2 is 2.09 bits per heavy atom. The van der Waals surface area contributed by atoms with Crippen molar-refractivity contribution in [3.8, 4) is 0 Å². The lowest BCUT2D eigenvalue weighted by Crippen LogP contribution is -2.50. The van der Waals surface area contributed by atoms with Gasteiger partial charge in [-0.15, -0.1) is 0 Å². The molecule has 2 heterocycles. The SMILES string of the molecule is O=C1C[C@@H](N2CCCC[C@@H]2CCO)C(=O)N1c1cccc(F)c1. The number of carbonyl (C=O) groups is 2. The fourth-order valence-corrected chi connectivity index (χ4v) is 3.65. The zero-order chi connectivity index (χ0) is 16.4. The third-order valence-electron chi connectivity index (χ3n) is 4.72. The first-order chi connectivity index (χ1) is 11.1. The second-order valence-corrected chi connectivity index (χ2v) is 6.17. The standard InChI is InChI=1S/C17H21FN2O3/c18-12-4-3-6-14(10-12)20-16(22)11-15(17(20)23)19-8-2-1-5-13(19)7-9-21/h3-4,6,10,13,15,21H,1-2,5,7-9,11H2/t13-,15-/m1/s1. The summed E-state index contributed by atoms with van der Waals surface area (Å²) < 4.78 is 13.4. The van der Waals surface area contributed by atoms with Gasteiger partial charge in [0.15, 0.2) is 0 Å². The predicted octanol–water partition coefficient (Wildman–Crippen LogP) is 1.69. The minimum Gasteiger partial charge on any atom is -0.396 e. The number of hydrogen-bond donors (Lipinski definition) is 1. The number of aliphatic hydroxyl groups is 1. The average Bonchev–Trinajstić information content (AvgIpc) is 2.83. The molecule has 2 fully saturated rings. The highest BCUT2D eigenvalue weighted by atomic mass is 19.1. The van der Waals surface area contributed by atoms with Crippen molar-refractivity contribution in [2.24, 2.45) is 0 Å². The Labute approximate surface area is 134 Å². The molecule has 2 saturated heterocycles. The van der Waals surface area contributed by atoms with E-state index in [2.05, 4.69) is 4.90 Å². The Morgan fingerprint density at radius 1 is 1.26 bits per heavy atom. The summed E-state index contributed by atoms with van der Waals surface area (Å²) in [7, 11) is 0. The van der Waals surface area contributed by atoms with E-state index in [4.69, 9.17) is 0 Å². The molecule has 0 unspecified atom stereocenters. The summed E-state index contributed by atoms with van der Waals surface area (Å²) in [5.74, 6) is -1.05. The number of likely N-dealkylation sites (tertiary alicyclic amines) is 1. The molecule has 2 aliphatic heterocycles. The van der Waals surface area contributed by atoms with E-state index in [0.717, 1.165) is 30.7 Å². The largest absolute Gasteiger partial charge is 0.396 e. The maximum Gasteiger partial charge on any atom is 0.251 e. The number of benzene rings is 1. The smallest absolute Gasteiger partial charge is 0.251 e. The molecule has 0 aromatic heterocycles. The molecule has 1 aromatic rings. The zero-order valence-electron chi connectivity index (χ0n) is 12.9. The van der Waals surface area contributed by atoms with Crippen LogP contribution in [0.4, 0.5) is 10.1 Å². The van der Waals surface area contributed by atoms with Crippen LogP contribution in [0.5, 0.6) is 0 Å². The van der Waals surface area contributed by atoms with Crippen molar-refractivity contribution in [1.82, 2.24) is 4.90 Å². The van der Waals surface area contributed by atoms with E-state index in [1.807, 2.05) is 0 Å². The quantitative estimate of drug-likeness (QED) is 0.858. The third kappa shape index (κ3) is 3.14. The Kier molecular flexibility index (Phi) is 4.73. The second-order valence-electron chi connectivity index (χ2n) is 6.17. The first-order valence-electron chi connectivity index (χ1n) is 8.11. The summed E-state index contributed by atoms with van der Waals surface area (Å²) in [4.78, 5) is 28.2. The van der Waals surface area contributed by atoms with Gasteiger partial charge in [-0.2, -0.15) is 0 Å². The van der Waals surface area contributed by atoms with Gasteiger partial charge in [0.2, 0.25) is 5.91 Å². The lowest BCUT2D eigenvalue weighted by molar-refractivity contribution is -0.123. The summed E-state index contributed by atoms with van der Waals surface area (Å²) in [5, 5.41) is 9.23. The molecule has 124 valence electrons. The normalized spacial score (nSPS) is 26.1. The molecule has 1 N–H and O–H groups in total. The molecule has 0 radical (unpaired) electrons. The van der Waals surface area contributed by atoms with Crippen molar-refractivity contribution in [3.63, 3.8) is 0 Å². The number of nitrogens with zero attached hydrogens (tertiary/aromatic N) is 2. The predicted molar refractivity (Wildman–Crippen MR) is 83.3 cm³/mol. The van der Waals surface area contributed by atoms with Crippen molar-refractivity contribution >= 4 is 17.5 Å². The Morgan fingerprint density at radius 3 is 2.83 bits per heavy atom. The summed E-state index contributed by atoms with van der Waals surface area (Å²) >= 11 is 0. The first kappa shape index (κ1) is 16.1. The van der Waals surface area contributed by atoms with Crippen LogP contribution < -0.4 is 4.90 Å². The van der Waals surface area contributed by atoms with Gasteiger partial charge in [0.05, 0.1) is 18.2 Å². The highest BCUT2D eigenvalue weighted by Crippen LogP contribution is 2.30. The summed E-state index contributed by atoms with van der Waals surface area (Å²) in [5.41, 5.74) is 0.290. The van der Waals surface area contributed by atoms with E-state index < -0.39 is 11.9 Å². The number of anilines is 1. The number of aliphatic hydroxyl groups excluding tert-OH is 1. The van der Waals surface area contributed by atoms with E-state index >= 15 is 0 Å². The van der Waals surface area contributed by atoms with Gasteiger partial charge in [-0.1, -0.05) is 12.5 Å². The number of hydrogen-bond acceptors (Lipinski definition) is 4. The van der Waals surface area contributed by atoms with E-state index in [1.165, 1.54) is 18.2 Å². The minimum atomic E-state index is -0.498. The molecule has 23 heavy (non-hydrogen) atoms. The molecule has 0 bridgehead atoms. The van der Waals surface area contributed by atoms with Gasteiger partial charge in [-0.3, -0.25) is 14.5 Å². The van der Waals surface area contributed by atoms with Crippen LogP contribution in [0.3, 0.4) is 0 Å². The average molecular weight is 320 g/mol. The zero-order valence-corrected chi connectivity index (χ0v) is 12.9. The molecule has 0 saturated carbocycles. The molecule has 1 aromatic carbocycles. The van der Waals surface area contributed by atoms with Crippen LogP contribution >= 0.6 is 0 Å². The first-order valence-corrected chi connectivity index (χ1v) is 8.11. The van der Waals surface area contributed by atoms with E-state index in [0.29, 0.717) is 12.1 Å². The molecule has 5 nitrogen and oxygen atoms in total. The van der Waals surface area contributed by atoms with Gasteiger partial charge in [0, 0.05) is 12.6 Å². The summed E-state index contributed by atoms with van der Waals surface area (Å²) in [6.45, 7) is 0.828. The van der Waals surface area contributed by atoms with Crippen LogP contribution in [0.25, 0.3) is 0 Å². The van der Waals surface area contributed by atoms with Gasteiger partial charge in [-0.25, -0.2) is 9.29 Å². The minimum absolute atomic E-state index is 0.0730. The van der Waals surface area contributed by atoms with Crippen molar-refractivity contribution < 1.29 is 19.1 Å². The summed E-state index contributed by atoms with van der Waals surface area (Å²) in [6, 6.07) is 5.19. The molecule has 6 heteroatoms. The monoisotopic (exact) mass is 320 g/mol. The van der Waals surface area contributed by atoms with Crippen LogP contribution in [0, 0.1) is 5.82 Å². The molecule has 2 aliphatic rings. The molecule has 2 amide bonds. The van der Waals surface area contributed by atoms with E-state index in [-0.39, 0.29) is 30.9 Å². The number of carbonyl (C=O) groups excluding carboxylic acids is 2. The number of halogens is 1. The van der Waals surface area contributed by atoms with Crippen molar-refractivity contribution in [3.05, 3.63) is 30.1 Å². The number of amides is 2. The lowest BCUT2D eigenvalue weighted by atomic mass is 9.97. The third-order valence-corrected chi connectivity index (χ3v) is 4.72. The van der Waals surface area contributed by atoms with E-state index in [9.17, 15) is 19.1 Å². The number of rotatable bonds is 4. The van der Waals surface area contributed by atoms with Crippen LogP contribution in [0.2, 0.25) is 0 Å². The molecule has 0 spiro atoms. The Hall–Kier alpha value is -1.79. The van der Waals surface area contributed by atoms with E-state index in [1.54, 1.807) is 6.07 Å². The van der Waals surface area contributed by atoms with Gasteiger partial charge < -0.3 is 5.11 Å².